The molecule has 6 heteroatoms. The first-order valence-corrected chi connectivity index (χ1v) is 7.36. The van der Waals surface area contributed by atoms with Gasteiger partial charge in [0.1, 0.15) is 0 Å². The third kappa shape index (κ3) is 4.16. The largest absolute Gasteiger partial charge is 0.416 e. The molecule has 0 radical (unpaired) electrons. The van der Waals surface area contributed by atoms with Crippen LogP contribution >= 0.6 is 11.8 Å². The summed E-state index contributed by atoms with van der Waals surface area (Å²) in [5.74, 6) is 0. The second-order valence-electron chi connectivity index (χ2n) is 5.03. The van der Waals surface area contributed by atoms with E-state index < -0.39 is 11.7 Å². The maximum absolute atomic E-state index is 12.4. The van der Waals surface area contributed by atoms with Gasteiger partial charge in [0.2, 0.25) is 0 Å². The number of benzene rings is 1. The molecule has 0 saturated carbocycles. The molecule has 0 amide bonds. The molecule has 1 aliphatic heterocycles. The van der Waals surface area contributed by atoms with Crippen LogP contribution in [0.15, 0.2) is 29.3 Å². The van der Waals surface area contributed by atoms with E-state index in [1.165, 1.54) is 12.1 Å². The van der Waals surface area contributed by atoms with Gasteiger partial charge in [-0.25, -0.2) is 0 Å². The van der Waals surface area contributed by atoms with Gasteiger partial charge in [-0.05, 0) is 31.0 Å². The van der Waals surface area contributed by atoms with Crippen molar-refractivity contribution in [2.75, 3.05) is 0 Å². The highest BCUT2D eigenvalue weighted by Gasteiger charge is 2.29. The summed E-state index contributed by atoms with van der Waals surface area (Å²) in [6.45, 7) is 4.65. The molecule has 1 aromatic carbocycles. The lowest BCUT2D eigenvalue weighted by Gasteiger charge is -2.26. The predicted octanol–water partition coefficient (Wildman–Crippen LogP) is 4.06. The first-order valence-electron chi connectivity index (χ1n) is 6.48. The Morgan fingerprint density at radius 3 is 2.45 bits per heavy atom. The van der Waals surface area contributed by atoms with E-state index in [0.29, 0.717) is 17.8 Å². The van der Waals surface area contributed by atoms with E-state index in [0.717, 1.165) is 29.3 Å². The van der Waals surface area contributed by atoms with E-state index in [1.54, 1.807) is 11.8 Å². The second-order valence-corrected chi connectivity index (χ2v) is 6.45. The van der Waals surface area contributed by atoms with E-state index in [2.05, 4.69) is 24.2 Å². The van der Waals surface area contributed by atoms with E-state index >= 15 is 0 Å². The Morgan fingerprint density at radius 2 is 1.90 bits per heavy atom. The summed E-state index contributed by atoms with van der Waals surface area (Å²) in [5, 5.41) is 4.67. The summed E-state index contributed by atoms with van der Waals surface area (Å²) in [5.41, 5.74) is 0.153. The first-order chi connectivity index (χ1) is 9.34. The molecule has 1 N–H and O–H groups in total. The lowest BCUT2D eigenvalue weighted by molar-refractivity contribution is -0.137. The number of nitrogens with one attached hydrogen (secondary N) is 1. The average molecular weight is 302 g/mol. The lowest BCUT2D eigenvalue weighted by Crippen LogP contribution is -2.38. The zero-order valence-corrected chi connectivity index (χ0v) is 12.2. The maximum atomic E-state index is 12.4. The molecule has 1 aliphatic rings. The van der Waals surface area contributed by atoms with Crippen LogP contribution in [0.3, 0.4) is 0 Å². The summed E-state index contributed by atoms with van der Waals surface area (Å²) >= 11 is 1.68. The fourth-order valence-corrected chi connectivity index (χ4v) is 3.26. The van der Waals surface area contributed by atoms with Crippen LogP contribution in [0.1, 0.15) is 31.4 Å². The van der Waals surface area contributed by atoms with E-state index in [9.17, 15) is 13.2 Å². The van der Waals surface area contributed by atoms with Crippen molar-refractivity contribution in [1.82, 2.24) is 5.32 Å². The molecule has 2 rings (SSSR count). The number of nitrogens with zero attached hydrogens (tertiary/aromatic N) is 1. The summed E-state index contributed by atoms with van der Waals surface area (Å²) in [4.78, 5) is 4.43. The van der Waals surface area contributed by atoms with Gasteiger partial charge in [-0.3, -0.25) is 4.99 Å². The standard InChI is InChI=1S/C14H17F3N2S/c1-9-7-10(2)20-13(19-9)18-8-11-3-5-12(6-4-11)14(15,16)17/h3-6,9-10H,7-8H2,1-2H3,(H,18,19). The molecular weight excluding hydrogens is 285 g/mol. The molecule has 0 spiro atoms. The minimum atomic E-state index is -4.28. The number of alkyl halides is 3. The Morgan fingerprint density at radius 1 is 1.25 bits per heavy atom. The zero-order chi connectivity index (χ0) is 14.8. The molecule has 1 heterocycles. The third-order valence-corrected chi connectivity index (χ3v) is 4.12. The summed E-state index contributed by atoms with van der Waals surface area (Å²) in [6.07, 6.45) is -3.19. The van der Waals surface area contributed by atoms with E-state index in [1.807, 2.05) is 0 Å². The van der Waals surface area contributed by atoms with E-state index in [-0.39, 0.29) is 0 Å². The molecule has 0 aromatic heterocycles. The molecule has 0 bridgehead atoms. The number of rotatable bonds is 2. The molecular formula is C14H17F3N2S. The van der Waals surface area contributed by atoms with Gasteiger partial charge in [0, 0.05) is 11.3 Å². The number of halogens is 3. The number of aliphatic imine (C=N–C) groups is 1. The van der Waals surface area contributed by atoms with Crippen molar-refractivity contribution in [2.24, 2.45) is 4.99 Å². The van der Waals surface area contributed by atoms with Crippen LogP contribution < -0.4 is 5.32 Å². The molecule has 110 valence electrons. The van der Waals surface area contributed by atoms with Crippen molar-refractivity contribution in [1.29, 1.82) is 0 Å². The molecule has 2 unspecified atom stereocenters. The van der Waals surface area contributed by atoms with Gasteiger partial charge < -0.3 is 5.32 Å². The second kappa shape index (κ2) is 6.08. The predicted molar refractivity (Wildman–Crippen MR) is 76.9 cm³/mol. The van der Waals surface area contributed by atoms with Gasteiger partial charge in [0.15, 0.2) is 5.17 Å². The van der Waals surface area contributed by atoms with Crippen LogP contribution in [0.4, 0.5) is 13.2 Å². The highest BCUT2D eigenvalue weighted by molar-refractivity contribution is 8.14. The van der Waals surface area contributed by atoms with Crippen LogP contribution in [-0.4, -0.2) is 16.5 Å². The molecule has 1 aromatic rings. The van der Waals surface area contributed by atoms with Crippen LogP contribution in [0.2, 0.25) is 0 Å². The third-order valence-electron chi connectivity index (χ3n) is 3.05. The lowest BCUT2D eigenvalue weighted by atomic mass is 10.1. The summed E-state index contributed by atoms with van der Waals surface area (Å²) in [6, 6.07) is 5.54. The number of amidine groups is 1. The topological polar surface area (TPSA) is 24.4 Å². The molecule has 1 saturated heterocycles. The Balaban J connectivity index is 2.00. The van der Waals surface area contributed by atoms with Crippen molar-refractivity contribution in [2.45, 2.75) is 44.3 Å². The molecule has 2 nitrogen and oxygen atoms in total. The summed E-state index contributed by atoms with van der Waals surface area (Å²) in [7, 11) is 0. The van der Waals surface area contributed by atoms with Crippen LogP contribution in [0.25, 0.3) is 0 Å². The zero-order valence-electron chi connectivity index (χ0n) is 11.4. The monoisotopic (exact) mass is 302 g/mol. The van der Waals surface area contributed by atoms with Crippen molar-refractivity contribution in [3.63, 3.8) is 0 Å². The van der Waals surface area contributed by atoms with Crippen molar-refractivity contribution < 1.29 is 13.2 Å². The minimum Gasteiger partial charge on any atom is -0.362 e. The average Bonchev–Trinajstić information content (AvgIpc) is 2.35. The van der Waals surface area contributed by atoms with E-state index in [4.69, 9.17) is 0 Å². The highest BCUT2D eigenvalue weighted by atomic mass is 32.2. The van der Waals surface area contributed by atoms with Crippen LogP contribution in [0, 0.1) is 0 Å². The van der Waals surface area contributed by atoms with Gasteiger partial charge in [-0.2, -0.15) is 13.2 Å². The smallest absolute Gasteiger partial charge is 0.362 e. The van der Waals surface area contributed by atoms with Crippen LogP contribution in [-0.2, 0) is 12.7 Å². The normalized spacial score (nSPS) is 25.6. The molecule has 20 heavy (non-hydrogen) atoms. The van der Waals surface area contributed by atoms with Crippen LogP contribution in [0.5, 0.6) is 0 Å². The molecule has 2 atom stereocenters. The van der Waals surface area contributed by atoms with Crippen molar-refractivity contribution >= 4 is 16.9 Å². The van der Waals surface area contributed by atoms with Gasteiger partial charge in [0.25, 0.3) is 0 Å². The Labute approximate surface area is 120 Å². The van der Waals surface area contributed by atoms with Crippen molar-refractivity contribution in [3.05, 3.63) is 35.4 Å². The molecule has 0 aliphatic carbocycles. The van der Waals surface area contributed by atoms with Gasteiger partial charge in [0.05, 0.1) is 12.1 Å². The Kier molecular flexibility index (Phi) is 4.62. The van der Waals surface area contributed by atoms with Gasteiger partial charge in [-0.1, -0.05) is 30.8 Å². The number of hydrogen-bond acceptors (Lipinski definition) is 2. The molecule has 1 fully saturated rings. The quantitative estimate of drug-likeness (QED) is 0.890. The SMILES string of the molecule is CC1CC(C)SC(=NCc2ccc(C(F)(F)F)cc2)N1. The Hall–Kier alpha value is -1.17. The Bertz CT molecular complexity index is 470. The number of hydrogen-bond donors (Lipinski definition) is 1. The minimum absolute atomic E-state index is 0.387. The highest BCUT2D eigenvalue weighted by Crippen LogP contribution is 2.29. The van der Waals surface area contributed by atoms with Gasteiger partial charge >= 0.3 is 6.18 Å². The number of thioether (sulfide) groups is 1. The fraction of sp³-hybridized carbons (Fsp3) is 0.500. The first kappa shape index (κ1) is 15.2. The van der Waals surface area contributed by atoms with Gasteiger partial charge in [-0.15, -0.1) is 0 Å². The maximum Gasteiger partial charge on any atom is 0.416 e. The fourth-order valence-electron chi connectivity index (χ4n) is 2.09. The summed E-state index contributed by atoms with van der Waals surface area (Å²) < 4.78 is 37.3. The van der Waals surface area contributed by atoms with Crippen molar-refractivity contribution in [3.8, 4) is 0 Å².